The minimum atomic E-state index is -0.780. The number of carbonyl (C=O) groups excluding carboxylic acids is 2. The van der Waals surface area contributed by atoms with Crippen LogP contribution in [0.5, 0.6) is 0 Å². The number of alkyl carbamates (subject to hydrolysis) is 1. The van der Waals surface area contributed by atoms with Gasteiger partial charge in [0.15, 0.2) is 0 Å². The first-order valence-electron chi connectivity index (χ1n) is 13.0. The lowest BCUT2D eigenvalue weighted by Gasteiger charge is -2.26. The van der Waals surface area contributed by atoms with Gasteiger partial charge >= 0.3 is 6.09 Å². The van der Waals surface area contributed by atoms with Crippen LogP contribution in [0.2, 0.25) is 0 Å². The maximum absolute atomic E-state index is 14.7. The third kappa shape index (κ3) is 7.50. The lowest BCUT2D eigenvalue weighted by Crippen LogP contribution is -2.37. The first-order valence-corrected chi connectivity index (χ1v) is 13.0. The number of halogens is 2. The van der Waals surface area contributed by atoms with Crippen LogP contribution < -0.4 is 15.5 Å². The van der Waals surface area contributed by atoms with Crippen molar-refractivity contribution in [1.29, 1.82) is 0 Å². The van der Waals surface area contributed by atoms with E-state index in [1.54, 1.807) is 57.3 Å². The average molecular weight is 554 g/mol. The van der Waals surface area contributed by atoms with E-state index in [0.717, 1.165) is 11.6 Å². The minimum Gasteiger partial charge on any atom is -0.444 e. The minimum absolute atomic E-state index is 0.126. The molecule has 11 heteroatoms. The first kappa shape index (κ1) is 28.9. The Balaban J connectivity index is 1.46. The van der Waals surface area contributed by atoms with Gasteiger partial charge in [0.2, 0.25) is 5.95 Å². The number of hydrogen-bond donors (Lipinski definition) is 2. The van der Waals surface area contributed by atoms with Gasteiger partial charge in [-0.15, -0.1) is 0 Å². The van der Waals surface area contributed by atoms with Crippen molar-refractivity contribution in [2.45, 2.75) is 45.9 Å². The van der Waals surface area contributed by atoms with Gasteiger partial charge in [0, 0.05) is 37.5 Å². The van der Waals surface area contributed by atoms with Crippen molar-refractivity contribution in [1.82, 2.24) is 20.6 Å². The Morgan fingerprint density at radius 3 is 2.48 bits per heavy atom. The van der Waals surface area contributed by atoms with E-state index in [1.807, 2.05) is 11.8 Å². The number of morpholine rings is 1. The highest BCUT2D eigenvalue weighted by Crippen LogP contribution is 2.29. The summed E-state index contributed by atoms with van der Waals surface area (Å²) in [5.41, 5.74) is 1.29. The Kier molecular flexibility index (Phi) is 8.93. The Morgan fingerprint density at radius 1 is 1.10 bits per heavy atom. The van der Waals surface area contributed by atoms with Gasteiger partial charge in [-0.3, -0.25) is 4.79 Å². The van der Waals surface area contributed by atoms with Gasteiger partial charge in [-0.2, -0.15) is 0 Å². The molecule has 0 saturated carbocycles. The van der Waals surface area contributed by atoms with Gasteiger partial charge in [0.05, 0.1) is 19.3 Å². The van der Waals surface area contributed by atoms with Crippen LogP contribution in [0.1, 0.15) is 55.4 Å². The van der Waals surface area contributed by atoms with Gasteiger partial charge in [0.25, 0.3) is 5.91 Å². The fourth-order valence-electron chi connectivity index (χ4n) is 4.21. The smallest absolute Gasteiger partial charge is 0.407 e. The molecule has 212 valence electrons. The zero-order valence-electron chi connectivity index (χ0n) is 23.0. The molecule has 0 spiro atoms. The van der Waals surface area contributed by atoms with Crippen LogP contribution in [0, 0.1) is 11.6 Å². The third-order valence-corrected chi connectivity index (χ3v) is 6.21. The molecule has 2 amide bonds. The number of carbonyl (C=O) groups is 2. The summed E-state index contributed by atoms with van der Waals surface area (Å²) in [5.74, 6) is -1.39. The molecule has 0 unspecified atom stereocenters. The Hall–Kier alpha value is -4.12. The summed E-state index contributed by atoms with van der Waals surface area (Å²) in [7, 11) is 0. The second-order valence-corrected chi connectivity index (χ2v) is 10.4. The summed E-state index contributed by atoms with van der Waals surface area (Å²) < 4.78 is 39.5. The molecule has 1 aromatic heterocycles. The van der Waals surface area contributed by atoms with Gasteiger partial charge in [-0.1, -0.05) is 24.3 Å². The number of anilines is 1. The molecule has 1 aliphatic heterocycles. The van der Waals surface area contributed by atoms with E-state index in [0.29, 0.717) is 43.4 Å². The molecule has 40 heavy (non-hydrogen) atoms. The van der Waals surface area contributed by atoms with Crippen molar-refractivity contribution in [3.05, 3.63) is 77.1 Å². The molecule has 0 bridgehead atoms. The van der Waals surface area contributed by atoms with E-state index < -0.39 is 23.3 Å². The summed E-state index contributed by atoms with van der Waals surface area (Å²) in [5, 5.41) is 5.46. The van der Waals surface area contributed by atoms with Crippen molar-refractivity contribution >= 4 is 17.9 Å². The predicted octanol–water partition coefficient (Wildman–Crippen LogP) is 4.77. The molecule has 0 radical (unpaired) electrons. The molecular weight excluding hydrogens is 520 g/mol. The van der Waals surface area contributed by atoms with Crippen molar-refractivity contribution in [3.8, 4) is 11.1 Å². The molecule has 0 aliphatic carbocycles. The lowest BCUT2D eigenvalue weighted by molar-refractivity contribution is 0.0523. The maximum Gasteiger partial charge on any atom is 0.407 e. The maximum atomic E-state index is 14.7. The standard InChI is InChI=1S/C29H33F2N5O4/c1-18(34-26(37)25-9-10-32-27(35-25)36-11-13-39-14-12-36)19-5-7-20(8-6-19)22-15-21(30)16-24(31)23(22)17-33-28(38)40-29(2,3)4/h5-10,15-16,18H,11-14,17H2,1-4H3,(H,33,38)(H,34,37)/t18-/m1/s1. The highest BCUT2D eigenvalue weighted by molar-refractivity contribution is 5.92. The normalized spacial score (nSPS) is 14.4. The van der Waals surface area contributed by atoms with Crippen molar-refractivity contribution in [2.24, 2.45) is 0 Å². The summed E-state index contributed by atoms with van der Waals surface area (Å²) in [6, 6.07) is 10.1. The monoisotopic (exact) mass is 553 g/mol. The van der Waals surface area contributed by atoms with E-state index in [2.05, 4.69) is 20.6 Å². The Bertz CT molecular complexity index is 1360. The predicted molar refractivity (Wildman–Crippen MR) is 146 cm³/mol. The first-order chi connectivity index (χ1) is 19.0. The van der Waals surface area contributed by atoms with Crippen molar-refractivity contribution < 1.29 is 27.8 Å². The van der Waals surface area contributed by atoms with Gasteiger partial charge < -0.3 is 25.0 Å². The number of benzene rings is 2. The van der Waals surface area contributed by atoms with Crippen molar-refractivity contribution in [2.75, 3.05) is 31.2 Å². The molecule has 2 heterocycles. The molecule has 2 aromatic carbocycles. The number of nitrogens with zero attached hydrogens (tertiary/aromatic N) is 3. The highest BCUT2D eigenvalue weighted by Gasteiger charge is 2.20. The molecule has 4 rings (SSSR count). The third-order valence-electron chi connectivity index (χ3n) is 6.21. The molecule has 1 aliphatic rings. The zero-order valence-corrected chi connectivity index (χ0v) is 23.0. The molecule has 1 fully saturated rings. The number of rotatable bonds is 7. The summed E-state index contributed by atoms with van der Waals surface area (Å²) >= 11 is 0. The fourth-order valence-corrected chi connectivity index (χ4v) is 4.21. The molecular formula is C29H33F2N5O4. The van der Waals surface area contributed by atoms with Crippen LogP contribution >= 0.6 is 0 Å². The quantitative estimate of drug-likeness (QED) is 0.434. The largest absolute Gasteiger partial charge is 0.444 e. The van der Waals surface area contributed by atoms with Gasteiger partial charge in [-0.05, 0) is 56.5 Å². The van der Waals surface area contributed by atoms with E-state index in [9.17, 15) is 18.4 Å². The van der Waals surface area contributed by atoms with Crippen LogP contribution in [-0.2, 0) is 16.0 Å². The second-order valence-electron chi connectivity index (χ2n) is 10.4. The molecule has 3 aromatic rings. The number of ether oxygens (including phenoxy) is 2. The number of nitrogens with one attached hydrogen (secondary N) is 2. The molecule has 1 saturated heterocycles. The number of amides is 2. The summed E-state index contributed by atoms with van der Waals surface area (Å²) in [6.45, 7) is 9.27. The van der Waals surface area contributed by atoms with Crippen LogP contribution in [0.3, 0.4) is 0 Å². The Morgan fingerprint density at radius 2 is 1.80 bits per heavy atom. The summed E-state index contributed by atoms with van der Waals surface area (Å²) in [6.07, 6.45) is 0.849. The van der Waals surface area contributed by atoms with Crippen LogP contribution in [0.4, 0.5) is 19.5 Å². The number of hydrogen-bond acceptors (Lipinski definition) is 7. The second kappa shape index (κ2) is 12.4. The fraction of sp³-hybridized carbons (Fsp3) is 0.379. The SMILES string of the molecule is C[C@@H](NC(=O)c1ccnc(N2CCOCC2)n1)c1ccc(-c2cc(F)cc(F)c2CNC(=O)OC(C)(C)C)cc1. The van der Waals surface area contributed by atoms with Crippen molar-refractivity contribution in [3.63, 3.8) is 0 Å². The zero-order chi connectivity index (χ0) is 28.9. The van der Waals surface area contributed by atoms with E-state index >= 15 is 0 Å². The van der Waals surface area contributed by atoms with E-state index in [1.165, 1.54) is 6.07 Å². The van der Waals surface area contributed by atoms with E-state index in [-0.39, 0.29) is 29.8 Å². The average Bonchev–Trinajstić information content (AvgIpc) is 2.92. The van der Waals surface area contributed by atoms with Crippen LogP contribution in [0.25, 0.3) is 11.1 Å². The van der Waals surface area contributed by atoms with Crippen LogP contribution in [0.15, 0.2) is 48.7 Å². The lowest BCUT2D eigenvalue weighted by atomic mass is 9.96. The van der Waals surface area contributed by atoms with Gasteiger partial charge in [-0.25, -0.2) is 23.5 Å². The topological polar surface area (TPSA) is 106 Å². The van der Waals surface area contributed by atoms with Gasteiger partial charge in [0.1, 0.15) is 22.9 Å². The van der Waals surface area contributed by atoms with Crippen LogP contribution in [-0.4, -0.2) is 53.9 Å². The molecule has 2 N–H and O–H groups in total. The molecule has 1 atom stereocenters. The summed E-state index contributed by atoms with van der Waals surface area (Å²) in [4.78, 5) is 35.7. The molecule has 9 nitrogen and oxygen atoms in total. The van der Waals surface area contributed by atoms with E-state index in [4.69, 9.17) is 9.47 Å². The number of aromatic nitrogens is 2. The Labute approximate surface area is 231 Å². The highest BCUT2D eigenvalue weighted by atomic mass is 19.1.